The van der Waals surface area contributed by atoms with Crippen molar-refractivity contribution >= 4 is 33.4 Å². The van der Waals surface area contributed by atoms with Gasteiger partial charge in [0.25, 0.3) is 0 Å². The fourth-order valence-electron chi connectivity index (χ4n) is 1.85. The molecule has 1 amide bonds. The molecule has 0 spiro atoms. The second-order valence-electron chi connectivity index (χ2n) is 5.27. The molecule has 2 rings (SSSR count). The molecular formula is C16H19N3O3S2. The third-order valence-corrected chi connectivity index (χ3v) is 6.00. The number of benzene rings is 1. The topological polar surface area (TPSA) is 79.4 Å². The number of nitrogens with zero attached hydrogens (tertiary/aromatic N) is 2. The summed E-state index contributed by atoms with van der Waals surface area (Å²) in [7, 11) is -0.556. The summed E-state index contributed by atoms with van der Waals surface area (Å²) in [6, 6.07) is 10.6. The number of aryl methyl sites for hydroxylation is 1. The standard InChI is InChI=1S/C16H19N3O3S2/c1-12-6-4-5-7-14(12)18-15(20)11-23-16-9-8-13(10-17-16)24(21,22)19(2)3/h4-10H,11H2,1-3H3,(H,18,20). The van der Waals surface area contributed by atoms with E-state index in [9.17, 15) is 13.2 Å². The molecule has 0 aliphatic carbocycles. The minimum Gasteiger partial charge on any atom is -0.325 e. The number of aromatic nitrogens is 1. The Kier molecular flexibility index (Phi) is 5.98. The Bertz CT molecular complexity index is 819. The van der Waals surface area contributed by atoms with Gasteiger partial charge >= 0.3 is 0 Å². The number of hydrogen-bond acceptors (Lipinski definition) is 5. The smallest absolute Gasteiger partial charge is 0.244 e. The Morgan fingerprint density at radius 2 is 1.92 bits per heavy atom. The first-order valence-electron chi connectivity index (χ1n) is 7.17. The van der Waals surface area contributed by atoms with Gasteiger partial charge in [0.05, 0.1) is 10.8 Å². The van der Waals surface area contributed by atoms with Crippen molar-refractivity contribution in [3.8, 4) is 0 Å². The molecule has 6 nitrogen and oxygen atoms in total. The minimum absolute atomic E-state index is 0.126. The van der Waals surface area contributed by atoms with Crippen LogP contribution in [0.2, 0.25) is 0 Å². The van der Waals surface area contributed by atoms with Crippen LogP contribution in [0.5, 0.6) is 0 Å². The average Bonchev–Trinajstić information content (AvgIpc) is 2.55. The number of carbonyl (C=O) groups is 1. The number of carbonyl (C=O) groups excluding carboxylic acids is 1. The molecule has 0 aliphatic heterocycles. The molecule has 24 heavy (non-hydrogen) atoms. The zero-order chi connectivity index (χ0) is 17.7. The van der Waals surface area contributed by atoms with Gasteiger partial charge in [0, 0.05) is 26.0 Å². The van der Waals surface area contributed by atoms with E-state index in [2.05, 4.69) is 10.3 Å². The predicted molar refractivity (Wildman–Crippen MR) is 95.6 cm³/mol. The van der Waals surface area contributed by atoms with Crippen LogP contribution in [0.15, 0.2) is 52.5 Å². The highest BCUT2D eigenvalue weighted by atomic mass is 32.2. The summed E-state index contributed by atoms with van der Waals surface area (Å²) in [6.45, 7) is 1.92. The van der Waals surface area contributed by atoms with Gasteiger partial charge in [0.2, 0.25) is 15.9 Å². The first kappa shape index (κ1) is 18.4. The van der Waals surface area contributed by atoms with Gasteiger partial charge in [-0.1, -0.05) is 30.0 Å². The number of anilines is 1. The maximum Gasteiger partial charge on any atom is 0.244 e. The van der Waals surface area contributed by atoms with Crippen LogP contribution in [0.25, 0.3) is 0 Å². The fourth-order valence-corrected chi connectivity index (χ4v) is 3.34. The predicted octanol–water partition coefficient (Wildman–Crippen LogP) is 2.37. The normalized spacial score (nSPS) is 11.5. The van der Waals surface area contributed by atoms with E-state index in [0.717, 1.165) is 15.6 Å². The average molecular weight is 365 g/mol. The van der Waals surface area contributed by atoms with Gasteiger partial charge in [-0.3, -0.25) is 4.79 Å². The second kappa shape index (κ2) is 7.78. The molecule has 8 heteroatoms. The Labute approximate surface area is 146 Å². The largest absolute Gasteiger partial charge is 0.325 e. The van der Waals surface area contributed by atoms with Crippen LogP contribution < -0.4 is 5.32 Å². The number of nitrogens with one attached hydrogen (secondary N) is 1. The molecule has 1 N–H and O–H groups in total. The van der Waals surface area contributed by atoms with Crippen molar-refractivity contribution in [3.63, 3.8) is 0 Å². The van der Waals surface area contributed by atoms with Crippen LogP contribution in [0.4, 0.5) is 5.69 Å². The molecule has 0 aliphatic rings. The van der Waals surface area contributed by atoms with Crippen LogP contribution >= 0.6 is 11.8 Å². The number of amides is 1. The van der Waals surface area contributed by atoms with Crippen molar-refractivity contribution < 1.29 is 13.2 Å². The second-order valence-corrected chi connectivity index (χ2v) is 8.42. The SMILES string of the molecule is Cc1ccccc1NC(=O)CSc1ccc(S(=O)(=O)N(C)C)cn1. The third kappa shape index (κ3) is 4.56. The van der Waals surface area contributed by atoms with Gasteiger partial charge in [-0.2, -0.15) is 0 Å². The van der Waals surface area contributed by atoms with Crippen molar-refractivity contribution in [2.75, 3.05) is 25.2 Å². The van der Waals surface area contributed by atoms with E-state index in [-0.39, 0.29) is 16.6 Å². The van der Waals surface area contributed by atoms with Crippen LogP contribution in [0, 0.1) is 6.92 Å². The van der Waals surface area contributed by atoms with Crippen molar-refractivity contribution in [3.05, 3.63) is 48.2 Å². The molecule has 0 saturated carbocycles. The van der Waals surface area contributed by atoms with E-state index >= 15 is 0 Å². The summed E-state index contributed by atoms with van der Waals surface area (Å²) in [5.74, 6) is 0.0577. The molecule has 1 heterocycles. The van der Waals surface area contributed by atoms with Crippen LogP contribution in [0.3, 0.4) is 0 Å². The monoisotopic (exact) mass is 365 g/mol. The van der Waals surface area contributed by atoms with Crippen molar-refractivity contribution in [2.24, 2.45) is 0 Å². The summed E-state index contributed by atoms with van der Waals surface area (Å²) in [6.07, 6.45) is 1.30. The molecule has 0 atom stereocenters. The summed E-state index contributed by atoms with van der Waals surface area (Å²) in [5.41, 5.74) is 1.77. The third-order valence-electron chi connectivity index (χ3n) is 3.26. The zero-order valence-corrected chi connectivity index (χ0v) is 15.3. The molecule has 0 fully saturated rings. The summed E-state index contributed by atoms with van der Waals surface area (Å²) in [4.78, 5) is 16.2. The number of sulfonamides is 1. The molecule has 1 aromatic heterocycles. The van der Waals surface area contributed by atoms with Gasteiger partial charge in [-0.25, -0.2) is 17.7 Å². The van der Waals surface area contributed by atoms with E-state index in [0.29, 0.717) is 5.03 Å². The summed E-state index contributed by atoms with van der Waals surface area (Å²) in [5, 5.41) is 3.43. The minimum atomic E-state index is -3.49. The lowest BCUT2D eigenvalue weighted by Gasteiger charge is -2.11. The van der Waals surface area contributed by atoms with Crippen LogP contribution in [-0.2, 0) is 14.8 Å². The molecule has 2 aromatic rings. The van der Waals surface area contributed by atoms with E-state index in [1.165, 1.54) is 38.1 Å². The molecule has 128 valence electrons. The molecule has 0 radical (unpaired) electrons. The first-order chi connectivity index (χ1) is 11.3. The Morgan fingerprint density at radius 3 is 2.50 bits per heavy atom. The highest BCUT2D eigenvalue weighted by Crippen LogP contribution is 2.19. The zero-order valence-electron chi connectivity index (χ0n) is 13.7. The van der Waals surface area contributed by atoms with E-state index in [1.54, 1.807) is 6.07 Å². The van der Waals surface area contributed by atoms with Crippen molar-refractivity contribution in [2.45, 2.75) is 16.8 Å². The van der Waals surface area contributed by atoms with Gasteiger partial charge in [-0.05, 0) is 30.7 Å². The lowest BCUT2D eigenvalue weighted by molar-refractivity contribution is -0.113. The quantitative estimate of drug-likeness (QED) is 0.795. The van der Waals surface area contributed by atoms with E-state index in [1.807, 2.05) is 31.2 Å². The highest BCUT2D eigenvalue weighted by molar-refractivity contribution is 7.99. The fraction of sp³-hybridized carbons (Fsp3) is 0.250. The van der Waals surface area contributed by atoms with Crippen LogP contribution in [0.1, 0.15) is 5.56 Å². The molecule has 0 saturated heterocycles. The molecule has 0 unspecified atom stereocenters. The summed E-state index contributed by atoms with van der Waals surface area (Å²) >= 11 is 1.25. The maximum atomic E-state index is 12.0. The number of rotatable bonds is 6. The highest BCUT2D eigenvalue weighted by Gasteiger charge is 2.17. The number of para-hydroxylation sites is 1. The van der Waals surface area contributed by atoms with Gasteiger partial charge in [-0.15, -0.1) is 0 Å². The number of pyridine rings is 1. The lowest BCUT2D eigenvalue weighted by Crippen LogP contribution is -2.22. The van der Waals surface area contributed by atoms with E-state index < -0.39 is 10.0 Å². The van der Waals surface area contributed by atoms with Gasteiger partial charge < -0.3 is 5.32 Å². The number of hydrogen-bond donors (Lipinski definition) is 1. The van der Waals surface area contributed by atoms with Crippen molar-refractivity contribution in [1.29, 1.82) is 0 Å². The van der Waals surface area contributed by atoms with Gasteiger partial charge in [0.15, 0.2) is 0 Å². The Balaban J connectivity index is 1.95. The first-order valence-corrected chi connectivity index (χ1v) is 9.60. The maximum absolute atomic E-state index is 12.0. The summed E-state index contributed by atoms with van der Waals surface area (Å²) < 4.78 is 25.1. The number of thioether (sulfide) groups is 1. The van der Waals surface area contributed by atoms with Crippen molar-refractivity contribution in [1.82, 2.24) is 9.29 Å². The van der Waals surface area contributed by atoms with Crippen LogP contribution in [-0.4, -0.2) is 43.5 Å². The molecule has 1 aromatic carbocycles. The molecular weight excluding hydrogens is 346 g/mol. The lowest BCUT2D eigenvalue weighted by atomic mass is 10.2. The molecule has 0 bridgehead atoms. The Hall–Kier alpha value is -1.90. The Morgan fingerprint density at radius 1 is 1.21 bits per heavy atom. The van der Waals surface area contributed by atoms with Gasteiger partial charge in [0.1, 0.15) is 4.90 Å². The van der Waals surface area contributed by atoms with E-state index in [4.69, 9.17) is 0 Å².